The minimum Gasteiger partial charge on any atom is -0.372 e. The smallest absolute Gasteiger partial charge is 0.372 e. The van der Waals surface area contributed by atoms with Gasteiger partial charge in [0.25, 0.3) is 5.60 Å². The summed E-state index contributed by atoms with van der Waals surface area (Å²) < 4.78 is 86.1. The molecule has 0 spiro atoms. The van der Waals surface area contributed by atoms with Crippen LogP contribution >= 0.6 is 0 Å². The Bertz CT molecular complexity index is 246. The van der Waals surface area contributed by atoms with Crippen LogP contribution in [0.2, 0.25) is 0 Å². The summed E-state index contributed by atoms with van der Waals surface area (Å²) in [5.41, 5.74) is -4.92. The second kappa shape index (κ2) is 3.73. The molecule has 2 nitrogen and oxygen atoms in total. The highest BCUT2D eigenvalue weighted by Crippen LogP contribution is 2.47. The van der Waals surface area contributed by atoms with Crippen molar-refractivity contribution in [2.45, 2.75) is 36.6 Å². The molecule has 0 radical (unpaired) electrons. The maximum absolute atomic E-state index is 12.6. The van der Waals surface area contributed by atoms with Gasteiger partial charge in [0.1, 0.15) is 6.17 Å². The molecule has 1 aliphatic heterocycles. The first-order valence-corrected chi connectivity index (χ1v) is 4.23. The first kappa shape index (κ1) is 13.5. The van der Waals surface area contributed by atoms with Crippen molar-refractivity contribution >= 4 is 0 Å². The number of halogens is 7. The molecule has 9 heteroatoms. The van der Waals surface area contributed by atoms with Crippen LogP contribution in [0.3, 0.4) is 0 Å². The highest BCUT2D eigenvalue weighted by atomic mass is 19.4. The number of hydrogen-bond acceptors (Lipinski definition) is 2. The zero-order chi connectivity index (χ0) is 12.8. The van der Waals surface area contributed by atoms with Crippen molar-refractivity contribution in [3.8, 4) is 0 Å². The molecule has 2 N–H and O–H groups in total. The standard InChI is InChI=1S/C7H8F7NO/c8-3-1-4(15-2-3)5(16,6(9,10)11)7(12,13)14/h3-4,15-16H,1-2H2/t3-,4+/m1/s1. The van der Waals surface area contributed by atoms with Gasteiger partial charge in [0.05, 0.1) is 6.04 Å². The van der Waals surface area contributed by atoms with Gasteiger partial charge in [0.2, 0.25) is 0 Å². The average Bonchev–Trinajstić information content (AvgIpc) is 2.46. The first-order chi connectivity index (χ1) is 7.00. The van der Waals surface area contributed by atoms with Gasteiger partial charge in [0, 0.05) is 6.54 Å². The first-order valence-electron chi connectivity index (χ1n) is 4.23. The van der Waals surface area contributed by atoms with Crippen LogP contribution in [0.4, 0.5) is 30.7 Å². The number of nitrogens with one attached hydrogen (secondary N) is 1. The fourth-order valence-electron chi connectivity index (χ4n) is 1.57. The summed E-state index contributed by atoms with van der Waals surface area (Å²) in [5, 5.41) is 10.5. The van der Waals surface area contributed by atoms with Gasteiger partial charge < -0.3 is 10.4 Å². The second-order valence-corrected chi connectivity index (χ2v) is 3.56. The molecule has 0 bridgehead atoms. The maximum Gasteiger partial charge on any atom is 0.427 e. The van der Waals surface area contributed by atoms with Gasteiger partial charge in [0.15, 0.2) is 0 Å². The minimum absolute atomic E-state index is 0.640. The molecule has 1 saturated heterocycles. The van der Waals surface area contributed by atoms with Crippen molar-refractivity contribution in [1.29, 1.82) is 0 Å². The molecule has 1 fully saturated rings. The molecule has 0 aliphatic carbocycles. The van der Waals surface area contributed by atoms with Crippen LogP contribution in [0, 0.1) is 0 Å². The number of alkyl halides is 7. The normalized spacial score (nSPS) is 28.5. The fourth-order valence-corrected chi connectivity index (χ4v) is 1.57. The van der Waals surface area contributed by atoms with Crippen molar-refractivity contribution in [3.63, 3.8) is 0 Å². The van der Waals surface area contributed by atoms with Crippen molar-refractivity contribution in [2.24, 2.45) is 0 Å². The van der Waals surface area contributed by atoms with Crippen LogP contribution in [0.25, 0.3) is 0 Å². The highest BCUT2D eigenvalue weighted by Gasteiger charge is 2.74. The van der Waals surface area contributed by atoms with E-state index in [0.29, 0.717) is 0 Å². The van der Waals surface area contributed by atoms with E-state index in [4.69, 9.17) is 5.11 Å². The molecule has 0 aromatic heterocycles. The lowest BCUT2D eigenvalue weighted by molar-refractivity contribution is -0.375. The van der Waals surface area contributed by atoms with E-state index in [2.05, 4.69) is 0 Å². The van der Waals surface area contributed by atoms with E-state index in [-0.39, 0.29) is 0 Å². The highest BCUT2D eigenvalue weighted by molar-refractivity contribution is 5.06. The third kappa shape index (κ3) is 1.97. The third-order valence-electron chi connectivity index (χ3n) is 2.45. The van der Waals surface area contributed by atoms with E-state index >= 15 is 0 Å². The molecule has 1 heterocycles. The Morgan fingerprint density at radius 3 is 1.69 bits per heavy atom. The van der Waals surface area contributed by atoms with Gasteiger partial charge in [-0.2, -0.15) is 26.3 Å². The molecule has 0 saturated carbocycles. The predicted octanol–water partition coefficient (Wildman–Crippen LogP) is 1.54. The Morgan fingerprint density at radius 2 is 1.44 bits per heavy atom. The van der Waals surface area contributed by atoms with Gasteiger partial charge in [-0.25, -0.2) is 4.39 Å². The predicted molar refractivity (Wildman–Crippen MR) is 38.4 cm³/mol. The summed E-state index contributed by atoms with van der Waals surface area (Å²) in [6, 6.07) is -2.41. The average molecular weight is 255 g/mol. The Kier molecular flexibility index (Phi) is 3.14. The summed E-state index contributed by atoms with van der Waals surface area (Å²) in [6.07, 6.45) is -14.7. The fraction of sp³-hybridized carbons (Fsp3) is 1.00. The number of aliphatic hydroxyl groups is 1. The molecular weight excluding hydrogens is 247 g/mol. The van der Waals surface area contributed by atoms with Gasteiger partial charge in [-0.05, 0) is 6.42 Å². The molecule has 0 unspecified atom stereocenters. The van der Waals surface area contributed by atoms with Crippen LogP contribution in [-0.2, 0) is 0 Å². The van der Waals surface area contributed by atoms with Gasteiger partial charge in [-0.1, -0.05) is 0 Å². The topological polar surface area (TPSA) is 32.3 Å². The summed E-state index contributed by atoms with van der Waals surface area (Å²) in [4.78, 5) is 0. The van der Waals surface area contributed by atoms with Crippen molar-refractivity contribution in [3.05, 3.63) is 0 Å². The van der Waals surface area contributed by atoms with Crippen LogP contribution in [0.15, 0.2) is 0 Å². The van der Waals surface area contributed by atoms with Crippen LogP contribution in [-0.4, -0.2) is 41.8 Å². The van der Waals surface area contributed by atoms with E-state index in [1.807, 2.05) is 0 Å². The number of rotatable bonds is 1. The zero-order valence-corrected chi connectivity index (χ0v) is 7.66. The van der Waals surface area contributed by atoms with Crippen molar-refractivity contribution in [1.82, 2.24) is 5.32 Å². The minimum atomic E-state index is -5.91. The lowest BCUT2D eigenvalue weighted by atomic mass is 9.91. The molecule has 0 aromatic rings. The van der Waals surface area contributed by atoms with E-state index in [1.165, 1.54) is 0 Å². The molecule has 16 heavy (non-hydrogen) atoms. The molecule has 96 valence electrons. The van der Waals surface area contributed by atoms with Gasteiger partial charge in [-0.15, -0.1) is 0 Å². The van der Waals surface area contributed by atoms with E-state index < -0.39 is 43.1 Å². The largest absolute Gasteiger partial charge is 0.427 e. The monoisotopic (exact) mass is 255 g/mol. The summed E-state index contributed by atoms with van der Waals surface area (Å²) in [7, 11) is 0. The molecular formula is C7H8F7NO. The van der Waals surface area contributed by atoms with Crippen LogP contribution in [0.1, 0.15) is 6.42 Å². The van der Waals surface area contributed by atoms with E-state index in [0.717, 1.165) is 0 Å². The Balaban J connectivity index is 3.06. The van der Waals surface area contributed by atoms with Crippen molar-refractivity contribution < 1.29 is 35.8 Å². The lowest BCUT2D eigenvalue weighted by Gasteiger charge is -2.36. The summed E-state index contributed by atoms with van der Waals surface area (Å²) in [5.74, 6) is 0. The summed E-state index contributed by atoms with van der Waals surface area (Å²) in [6.45, 7) is -0.640. The molecule has 0 aromatic carbocycles. The molecule has 1 aliphatic rings. The third-order valence-corrected chi connectivity index (χ3v) is 2.45. The lowest BCUT2D eigenvalue weighted by Crippen LogP contribution is -2.66. The van der Waals surface area contributed by atoms with E-state index in [1.54, 1.807) is 5.32 Å². The molecule has 0 amide bonds. The summed E-state index contributed by atoms with van der Waals surface area (Å²) >= 11 is 0. The Morgan fingerprint density at radius 1 is 1.00 bits per heavy atom. The van der Waals surface area contributed by atoms with Crippen molar-refractivity contribution in [2.75, 3.05) is 6.54 Å². The molecule has 1 rings (SSSR count). The van der Waals surface area contributed by atoms with Gasteiger partial charge >= 0.3 is 12.4 Å². The second-order valence-electron chi connectivity index (χ2n) is 3.56. The molecule has 2 atom stereocenters. The zero-order valence-electron chi connectivity index (χ0n) is 7.66. The SMILES string of the molecule is OC([C@@H]1C[C@@H](F)CN1)(C(F)(F)F)C(F)(F)F. The quantitative estimate of drug-likeness (QED) is 0.697. The maximum atomic E-state index is 12.6. The van der Waals surface area contributed by atoms with Crippen LogP contribution < -0.4 is 5.32 Å². The number of hydrogen-bond donors (Lipinski definition) is 2. The Hall–Kier alpha value is -0.570. The van der Waals surface area contributed by atoms with E-state index in [9.17, 15) is 30.7 Å². The Labute approximate surface area is 85.4 Å². The van der Waals surface area contributed by atoms with Crippen LogP contribution in [0.5, 0.6) is 0 Å². The van der Waals surface area contributed by atoms with Gasteiger partial charge in [-0.3, -0.25) is 0 Å².